The molecule has 22 aromatic carbocycles. The molecule has 4 nitrogen and oxygen atoms in total. The first kappa shape index (κ1) is 93.9. The van der Waals surface area contributed by atoms with E-state index in [0.29, 0.717) is 44.5 Å². The van der Waals surface area contributed by atoms with Gasteiger partial charge in [-0.3, -0.25) is 9.59 Å². The molecule has 2 N–H and O–H groups in total. The van der Waals surface area contributed by atoms with E-state index < -0.39 is 11.2 Å². The van der Waals surface area contributed by atoms with Crippen LogP contribution in [-0.2, 0) is 11.2 Å². The molecular weight excluding hydrogens is 1720 g/mol. The first-order chi connectivity index (χ1) is 66.4. The number of fused-ring (bicyclic) bond motifs is 9. The molecule has 0 fully saturated rings. The zero-order valence-corrected chi connectivity index (χ0v) is 78.3. The van der Waals surface area contributed by atoms with Crippen molar-refractivity contribution < 1.29 is 57.5 Å². The molecule has 7 heteroatoms. The predicted octanol–water partition coefficient (Wildman–Crippen LogP) is 27.4. The Labute approximate surface area is 834 Å². The second-order valence-corrected chi connectivity index (χ2v) is 34.8. The third-order valence-electron chi connectivity index (χ3n) is 25.6. The van der Waals surface area contributed by atoms with Crippen molar-refractivity contribution in [1.29, 1.82) is 0 Å². The van der Waals surface area contributed by atoms with Gasteiger partial charge in [-0.15, -0.1) is 5.56 Å². The van der Waals surface area contributed by atoms with Crippen LogP contribution < -0.4 is 37.7 Å². The van der Waals surface area contributed by atoms with E-state index in [9.17, 15) is 19.8 Å². The van der Waals surface area contributed by atoms with Crippen molar-refractivity contribution in [2.45, 2.75) is 31.0 Å². The Morgan fingerprint density at radius 2 is 0.467 bits per heavy atom. The number of aliphatic hydroxyl groups is 2. The average molecular weight is 1810 g/mol. The summed E-state index contributed by atoms with van der Waals surface area (Å²) in [6, 6.07) is 177. The molecule has 0 spiro atoms. The number of carbonyl (C=O) groups is 2. The minimum Gasteiger partial charge on any atom is -0.376 e. The van der Waals surface area contributed by atoms with Crippen LogP contribution in [0, 0.1) is 13.0 Å². The van der Waals surface area contributed by atoms with Crippen molar-refractivity contribution >= 4 is 81.4 Å². The monoisotopic (exact) mass is 1810 g/mol. The van der Waals surface area contributed by atoms with E-state index in [4.69, 9.17) is 0 Å². The molecule has 2 aliphatic rings. The van der Waals surface area contributed by atoms with E-state index in [2.05, 4.69) is 351 Å². The number of halogens is 1. The van der Waals surface area contributed by atoms with Crippen molar-refractivity contribution in [2.75, 3.05) is 0 Å². The Morgan fingerprint density at radius 1 is 0.241 bits per heavy atom. The van der Waals surface area contributed by atoms with Crippen molar-refractivity contribution in [3.63, 3.8) is 0 Å². The van der Waals surface area contributed by atoms with E-state index in [1.54, 1.807) is 24.3 Å². The molecule has 24 rings (SSSR count). The first-order valence-corrected chi connectivity index (χ1v) is 46.6. The number of ketones is 2. The average Bonchev–Trinajstić information content (AvgIpc) is 0.686. The van der Waals surface area contributed by atoms with Crippen LogP contribution in [0.5, 0.6) is 0 Å². The fourth-order valence-electron chi connectivity index (χ4n) is 18.6. The molecule has 0 aliphatic heterocycles. The van der Waals surface area contributed by atoms with Crippen molar-refractivity contribution in [3.05, 3.63) is 583 Å². The first-order valence-electron chi connectivity index (χ1n) is 45.8. The summed E-state index contributed by atoms with van der Waals surface area (Å²) in [5.41, 5.74) is 22.6. The number of benzene rings is 22. The van der Waals surface area contributed by atoms with Crippen LogP contribution in [0.4, 0.5) is 0 Å². The third-order valence-corrected chi connectivity index (χ3v) is 26.1. The SMILES string of the molecule is Brc1ccc(-c2ccccc2)cc1.O=C1c2ccccc2C(=O)c2cc3ccccc3cc21.OC1(c2ccc(-c3ccccc3)cc2)c2ccccc2C(O)(c2ccc(-c3ccccc3)cc2)c2cc3ccccc3cc21.[CH2-]CCC.[Li+].[Li+].[c-]1ccc(-c2ccccc2)cc1.c1ccc(-c2ccc(-c3c4ccccc4c(-c4ccc(-c5ccccc5)cc4)c4cc5ccccc5cc34)cc2)cc1. The summed E-state index contributed by atoms with van der Waals surface area (Å²) in [6.07, 6.45) is 2.28. The van der Waals surface area contributed by atoms with Gasteiger partial charge in [-0.25, -0.2) is 0 Å². The quantitative estimate of drug-likeness (QED) is 0.0769. The molecule has 137 heavy (non-hydrogen) atoms. The van der Waals surface area contributed by atoms with Gasteiger partial charge in [-0.1, -0.05) is 466 Å². The van der Waals surface area contributed by atoms with E-state index >= 15 is 0 Å². The molecule has 0 saturated carbocycles. The fourth-order valence-corrected chi connectivity index (χ4v) is 18.9. The van der Waals surface area contributed by atoms with Gasteiger partial charge >= 0.3 is 37.7 Å². The number of carbonyl (C=O) groups excluding carboxylic acids is 2. The van der Waals surface area contributed by atoms with Crippen LogP contribution in [0.15, 0.2) is 514 Å². The molecule has 0 aromatic heterocycles. The Bertz CT molecular complexity index is 7500. The Morgan fingerprint density at radius 3 is 0.766 bits per heavy atom. The smallest absolute Gasteiger partial charge is 0.376 e. The summed E-state index contributed by atoms with van der Waals surface area (Å²) in [4.78, 5) is 25.1. The third kappa shape index (κ3) is 19.9. The predicted molar refractivity (Wildman–Crippen MR) is 567 cm³/mol. The molecule has 0 saturated heterocycles. The Kier molecular flexibility index (Phi) is 29.6. The maximum atomic E-state index is 13.0. The molecule has 0 bridgehead atoms. The summed E-state index contributed by atoms with van der Waals surface area (Å²) < 4.78 is 1.12. The van der Waals surface area contributed by atoms with E-state index in [-0.39, 0.29) is 49.3 Å². The standard InChI is InChI=1S/C42H30O2.C42H28.C18H10O2.C12H9Br.C12H9.C4H9.2Li/c43-41(35-23-19-31(20-24-35)29-11-3-1-4-12-29)37-17-9-10-18-38(37)42(44,40-28-34-16-8-7-15-33(34)27-39(40)41)36-25-21-32(22-26-36)30-13-5-2-6-14-30;1-3-11-29(12-4-1)31-19-23-33(24-20-31)41-37-17-9-10-18-38(37)42(40-28-36-16-8-7-15-35(36)27-39(40)41)34-25-21-32(22-26-34)30-13-5-2-6-14-30;19-17-13-7-3-4-8-14(13)18(20)16-10-12-6-2-1-5-11(12)9-15(16)17;13-12-8-6-11(7-9-12)10-4-2-1-3-5-10;1-3-7-11(8-4-1)12-9-5-2-6-10-12;1-3-4-2;;/h1-28,43-44H;1-28H;1-10H;1-9H;1,3-10H;1,3-4H2,2H3;;/q;;;;2*-1;2*+1. The van der Waals surface area contributed by atoms with Gasteiger partial charge in [0.05, 0.1) is 0 Å². The summed E-state index contributed by atoms with van der Waals surface area (Å²) in [7, 11) is 0. The molecule has 0 radical (unpaired) electrons. The molecule has 2 unspecified atom stereocenters. The van der Waals surface area contributed by atoms with Gasteiger partial charge in [-0.05, 0) is 208 Å². The van der Waals surface area contributed by atoms with E-state index in [0.717, 1.165) is 65.8 Å². The molecule has 2 atom stereocenters. The van der Waals surface area contributed by atoms with Gasteiger partial charge in [0.25, 0.3) is 0 Å². The summed E-state index contributed by atoms with van der Waals surface area (Å²) in [6.45, 7) is 5.72. The zero-order valence-electron chi connectivity index (χ0n) is 76.7. The topological polar surface area (TPSA) is 74.6 Å². The van der Waals surface area contributed by atoms with Gasteiger partial charge in [0.2, 0.25) is 0 Å². The van der Waals surface area contributed by atoms with Crippen molar-refractivity contribution in [2.24, 2.45) is 0 Å². The largest absolute Gasteiger partial charge is 1.00 e. The Balaban J connectivity index is 0.000000128. The molecular formula is C130H95BrLi2O4. The second kappa shape index (κ2) is 43.2. The number of rotatable bonds is 11. The van der Waals surface area contributed by atoms with Crippen LogP contribution in [0.2, 0.25) is 0 Å². The zero-order chi connectivity index (χ0) is 92.0. The summed E-state index contributed by atoms with van der Waals surface area (Å²) >= 11 is 3.42. The maximum Gasteiger partial charge on any atom is 1.00 e. The Hall–Kier alpha value is -14.9. The summed E-state index contributed by atoms with van der Waals surface area (Å²) in [5.74, 6) is -0.137. The van der Waals surface area contributed by atoms with Gasteiger partial charge in [0.1, 0.15) is 11.2 Å². The normalized spacial score (nSPS) is 13.5. The van der Waals surface area contributed by atoms with Crippen LogP contribution in [0.3, 0.4) is 0 Å². The molecule has 2 aliphatic carbocycles. The van der Waals surface area contributed by atoms with Crippen molar-refractivity contribution in [1.82, 2.24) is 0 Å². The van der Waals surface area contributed by atoms with Crippen molar-refractivity contribution in [3.8, 4) is 89.0 Å². The van der Waals surface area contributed by atoms with Crippen LogP contribution in [0.25, 0.3) is 143 Å². The van der Waals surface area contributed by atoms with Crippen LogP contribution in [-0.4, -0.2) is 21.8 Å². The molecule has 0 heterocycles. The van der Waals surface area contributed by atoms with Gasteiger partial charge < -0.3 is 17.1 Å². The van der Waals surface area contributed by atoms with Gasteiger partial charge in [0, 0.05) is 37.9 Å². The van der Waals surface area contributed by atoms with Gasteiger partial charge in [0.15, 0.2) is 11.6 Å². The number of unbranched alkanes of at least 4 members (excludes halogenated alkanes) is 1. The number of hydrogen-bond acceptors (Lipinski definition) is 4. The minimum absolute atomic E-state index is 0. The number of hydrogen-bond donors (Lipinski definition) is 2. The minimum atomic E-state index is -1.48. The second-order valence-electron chi connectivity index (χ2n) is 33.9. The van der Waals surface area contributed by atoms with E-state index in [1.165, 1.54) is 105 Å². The fraction of sp³-hybridized carbons (Fsp3) is 0.0385. The van der Waals surface area contributed by atoms with E-state index in [1.807, 2.05) is 170 Å². The summed E-state index contributed by atoms with van der Waals surface area (Å²) in [5, 5.41) is 37.6. The molecule has 22 aromatic rings. The molecule has 0 amide bonds. The van der Waals surface area contributed by atoms with Gasteiger partial charge in [-0.2, -0.15) is 36.8 Å². The van der Waals surface area contributed by atoms with Crippen LogP contribution in [0.1, 0.15) is 85.0 Å². The maximum absolute atomic E-state index is 13.0. The van der Waals surface area contributed by atoms with Crippen LogP contribution >= 0.6 is 15.9 Å². The molecule has 648 valence electrons.